The van der Waals surface area contributed by atoms with Gasteiger partial charge in [0.15, 0.2) is 0 Å². The molecular weight excluding hydrogens is 492 g/mol. The van der Waals surface area contributed by atoms with E-state index in [4.69, 9.17) is 4.74 Å². The smallest absolute Gasteiger partial charge is 0.305 e. The Balaban J connectivity index is 1.43. The first-order valence-electron chi connectivity index (χ1n) is 11.6. The molecule has 2 aliphatic heterocycles. The zero-order chi connectivity index (χ0) is 24.8. The second kappa shape index (κ2) is 9.11. The van der Waals surface area contributed by atoms with E-state index >= 15 is 0 Å². The van der Waals surface area contributed by atoms with Crippen LogP contribution >= 0.6 is 23.1 Å². The van der Waals surface area contributed by atoms with Gasteiger partial charge in [0, 0.05) is 16.4 Å². The third-order valence-corrected chi connectivity index (χ3v) is 9.14. The summed E-state index contributed by atoms with van der Waals surface area (Å²) in [5, 5.41) is 0.0194. The summed E-state index contributed by atoms with van der Waals surface area (Å²) in [6, 6.07) is 24.7. The molecule has 1 aromatic heterocycles. The fourth-order valence-corrected chi connectivity index (χ4v) is 7.49. The molecule has 0 saturated carbocycles. The summed E-state index contributed by atoms with van der Waals surface area (Å²) in [6.45, 7) is 2.41. The van der Waals surface area contributed by atoms with Gasteiger partial charge in [-0.15, -0.1) is 0 Å². The predicted molar refractivity (Wildman–Crippen MR) is 141 cm³/mol. The molecule has 0 bridgehead atoms. The number of anilines is 1. The lowest BCUT2D eigenvalue weighted by atomic mass is 9.82. The lowest BCUT2D eigenvalue weighted by molar-refractivity contribution is -0.122. The number of imide groups is 1. The topological polar surface area (TPSA) is 79.5 Å². The molecule has 0 unspecified atom stereocenters. The van der Waals surface area contributed by atoms with E-state index in [9.17, 15) is 14.4 Å². The number of nitrogens with one attached hydrogen (secondary N) is 1. The van der Waals surface area contributed by atoms with Crippen molar-refractivity contribution in [2.24, 2.45) is 5.92 Å². The number of carbonyl (C=O) groups excluding carboxylic acids is 2. The van der Waals surface area contributed by atoms with Crippen LogP contribution in [0, 0.1) is 12.8 Å². The summed E-state index contributed by atoms with van der Waals surface area (Å²) in [5.74, 6) is -1.00. The summed E-state index contributed by atoms with van der Waals surface area (Å²) in [6.07, 6.45) is 0. The largest absolute Gasteiger partial charge is 0.489 e. The number of para-hydroxylation sites is 2. The number of carbonyl (C=O) groups is 2. The standard InChI is InChI=1S/C28H22N2O4S2/c1-16-9-5-6-10-17(16)15-34-20-14-8-7-13-19(20)21-22-24(35-25-23(21)36-28(33)29-25)27(32)30(26(22)31)18-11-3-2-4-12-18/h2-14,21-22,24H,15H2,1H3,(H,29,33)/t21-,22-,24+/m0/s1. The first kappa shape index (κ1) is 22.8. The van der Waals surface area contributed by atoms with Gasteiger partial charge in [-0.25, -0.2) is 4.90 Å². The van der Waals surface area contributed by atoms with Crippen molar-refractivity contribution in [1.82, 2.24) is 4.98 Å². The molecule has 8 heteroatoms. The molecule has 3 heterocycles. The van der Waals surface area contributed by atoms with E-state index < -0.39 is 17.1 Å². The Morgan fingerprint density at radius 1 is 0.889 bits per heavy atom. The van der Waals surface area contributed by atoms with Gasteiger partial charge < -0.3 is 9.72 Å². The normalized spacial score (nSPS) is 20.8. The number of hydrogen-bond donors (Lipinski definition) is 1. The van der Waals surface area contributed by atoms with E-state index in [0.717, 1.165) is 32.9 Å². The third kappa shape index (κ3) is 3.77. The summed E-state index contributed by atoms with van der Waals surface area (Å²) in [5.41, 5.74) is 3.56. The fraction of sp³-hybridized carbons (Fsp3) is 0.179. The molecule has 0 radical (unpaired) electrons. The number of ether oxygens (including phenoxy) is 1. The van der Waals surface area contributed by atoms with E-state index in [1.54, 1.807) is 12.1 Å². The Kier molecular flexibility index (Phi) is 5.78. The van der Waals surface area contributed by atoms with Crippen LogP contribution in [0.1, 0.15) is 27.5 Å². The van der Waals surface area contributed by atoms with Crippen LogP contribution in [0.15, 0.2) is 88.7 Å². The number of thiazole rings is 1. The molecule has 2 amide bonds. The number of rotatable bonds is 5. The van der Waals surface area contributed by atoms with Crippen molar-refractivity contribution in [3.05, 3.63) is 110 Å². The quantitative estimate of drug-likeness (QED) is 0.374. The van der Waals surface area contributed by atoms with Crippen molar-refractivity contribution in [2.45, 2.75) is 29.7 Å². The lowest BCUT2D eigenvalue weighted by Gasteiger charge is -2.30. The van der Waals surface area contributed by atoms with Gasteiger partial charge in [0.1, 0.15) is 17.6 Å². The van der Waals surface area contributed by atoms with Crippen molar-refractivity contribution in [1.29, 1.82) is 0 Å². The fourth-order valence-electron chi connectivity index (χ4n) is 4.98. The zero-order valence-corrected chi connectivity index (χ0v) is 21.0. The van der Waals surface area contributed by atoms with Crippen LogP contribution in [0.5, 0.6) is 5.75 Å². The van der Waals surface area contributed by atoms with Gasteiger partial charge in [-0.05, 0) is 36.2 Å². The highest BCUT2D eigenvalue weighted by atomic mass is 32.2. The Morgan fingerprint density at radius 3 is 2.42 bits per heavy atom. The highest BCUT2D eigenvalue weighted by Crippen LogP contribution is 2.54. The van der Waals surface area contributed by atoms with E-state index in [1.165, 1.54) is 16.7 Å². The van der Waals surface area contributed by atoms with Gasteiger partial charge in [-0.2, -0.15) is 0 Å². The van der Waals surface area contributed by atoms with Gasteiger partial charge >= 0.3 is 4.87 Å². The van der Waals surface area contributed by atoms with Gasteiger partial charge in [-0.3, -0.25) is 14.4 Å². The maximum Gasteiger partial charge on any atom is 0.305 e. The lowest BCUT2D eigenvalue weighted by Crippen LogP contribution is -2.32. The second-order valence-corrected chi connectivity index (χ2v) is 11.0. The molecular formula is C28H22N2O4S2. The highest BCUT2D eigenvalue weighted by molar-refractivity contribution is 8.00. The average Bonchev–Trinajstić information content (AvgIpc) is 3.38. The monoisotopic (exact) mass is 514 g/mol. The van der Waals surface area contributed by atoms with Crippen LogP contribution in [-0.2, 0) is 16.2 Å². The molecule has 6 nitrogen and oxygen atoms in total. The number of nitrogens with zero attached hydrogens (tertiary/aromatic N) is 1. The summed E-state index contributed by atoms with van der Waals surface area (Å²) in [7, 11) is 0. The minimum absolute atomic E-state index is 0.199. The minimum Gasteiger partial charge on any atom is -0.489 e. The van der Waals surface area contributed by atoms with Gasteiger partial charge in [0.2, 0.25) is 11.8 Å². The Labute approximate surface area is 215 Å². The molecule has 3 aromatic carbocycles. The second-order valence-electron chi connectivity index (χ2n) is 8.85. The summed E-state index contributed by atoms with van der Waals surface area (Å²) < 4.78 is 6.30. The number of thioether (sulfide) groups is 1. The number of amides is 2. The zero-order valence-electron chi connectivity index (χ0n) is 19.3. The van der Waals surface area contributed by atoms with Crippen molar-refractivity contribution in [3.8, 4) is 5.75 Å². The average molecular weight is 515 g/mol. The first-order valence-corrected chi connectivity index (χ1v) is 13.3. The van der Waals surface area contributed by atoms with E-state index in [0.29, 0.717) is 23.1 Å². The molecule has 0 aliphatic carbocycles. The number of H-pyrrole nitrogens is 1. The molecule has 3 atom stereocenters. The summed E-state index contributed by atoms with van der Waals surface area (Å²) in [4.78, 5) is 44.5. The van der Waals surface area contributed by atoms with Crippen molar-refractivity contribution >= 4 is 40.6 Å². The van der Waals surface area contributed by atoms with Crippen molar-refractivity contribution < 1.29 is 14.3 Å². The molecule has 1 N–H and O–H groups in total. The van der Waals surface area contributed by atoms with Crippen LogP contribution < -0.4 is 14.5 Å². The van der Waals surface area contributed by atoms with Gasteiger partial charge in [0.05, 0.1) is 16.6 Å². The summed E-state index contributed by atoms with van der Waals surface area (Å²) >= 11 is 2.38. The number of aromatic nitrogens is 1. The number of hydrogen-bond acceptors (Lipinski definition) is 6. The molecule has 4 aromatic rings. The predicted octanol–water partition coefficient (Wildman–Crippen LogP) is 5.12. The van der Waals surface area contributed by atoms with Crippen LogP contribution in [0.4, 0.5) is 5.69 Å². The maximum absolute atomic E-state index is 13.9. The van der Waals surface area contributed by atoms with Crippen molar-refractivity contribution in [2.75, 3.05) is 4.90 Å². The number of benzene rings is 3. The maximum atomic E-state index is 13.9. The van der Waals surface area contributed by atoms with Crippen molar-refractivity contribution in [3.63, 3.8) is 0 Å². The van der Waals surface area contributed by atoms with Crippen LogP contribution in [-0.4, -0.2) is 22.0 Å². The van der Waals surface area contributed by atoms with Gasteiger partial charge in [0.25, 0.3) is 0 Å². The van der Waals surface area contributed by atoms with Crippen LogP contribution in [0.25, 0.3) is 0 Å². The molecule has 0 spiro atoms. The Bertz CT molecular complexity index is 1530. The Morgan fingerprint density at radius 2 is 1.61 bits per heavy atom. The molecule has 1 saturated heterocycles. The Hall–Kier alpha value is -3.62. The van der Waals surface area contributed by atoms with E-state index in [-0.39, 0.29) is 16.7 Å². The third-order valence-electron chi connectivity index (χ3n) is 6.74. The van der Waals surface area contributed by atoms with Gasteiger partial charge in [-0.1, -0.05) is 83.8 Å². The van der Waals surface area contributed by atoms with E-state index in [1.807, 2.05) is 73.7 Å². The SMILES string of the molecule is Cc1ccccc1COc1ccccc1[C@@H]1c2sc(=O)[nH]c2S[C@H]2C(=O)N(c3ccccc3)C(=O)[C@@H]12. The van der Waals surface area contributed by atoms with Crippen LogP contribution in [0.3, 0.4) is 0 Å². The van der Waals surface area contributed by atoms with Crippen LogP contribution in [0.2, 0.25) is 0 Å². The molecule has 180 valence electrons. The molecule has 6 rings (SSSR count). The number of aromatic amines is 1. The molecule has 2 aliphatic rings. The minimum atomic E-state index is -0.648. The number of aryl methyl sites for hydroxylation is 1. The number of fused-ring (bicyclic) bond motifs is 2. The molecule has 36 heavy (non-hydrogen) atoms. The molecule has 1 fully saturated rings. The first-order chi connectivity index (χ1) is 17.5. The van der Waals surface area contributed by atoms with E-state index in [2.05, 4.69) is 4.98 Å². The highest BCUT2D eigenvalue weighted by Gasteiger charge is 2.56.